The summed E-state index contributed by atoms with van der Waals surface area (Å²) in [4.78, 5) is 24.1. The van der Waals surface area contributed by atoms with Crippen molar-refractivity contribution in [1.82, 2.24) is 4.98 Å². The van der Waals surface area contributed by atoms with Gasteiger partial charge in [-0.15, -0.1) is 13.2 Å². The van der Waals surface area contributed by atoms with Gasteiger partial charge in [0.15, 0.2) is 5.75 Å². The fraction of sp³-hybridized carbons (Fsp3) is 0.250. The highest BCUT2D eigenvalue weighted by Crippen LogP contribution is 2.31. The summed E-state index contributed by atoms with van der Waals surface area (Å²) in [5, 5.41) is 10.6. The Morgan fingerprint density at radius 2 is 2.11 bits per heavy atom. The normalized spacial score (nSPS) is 11.0. The second-order valence-electron chi connectivity index (χ2n) is 2.94. The summed E-state index contributed by atoms with van der Waals surface area (Å²) in [7, 11) is 0.894. The van der Waals surface area contributed by atoms with Crippen LogP contribution in [0.1, 0.15) is 10.5 Å². The number of nitro groups is 1. The second kappa shape index (κ2) is 5.54. The summed E-state index contributed by atoms with van der Waals surface area (Å²) in [5.74, 6) is -3.01. The van der Waals surface area contributed by atoms with Gasteiger partial charge in [0.2, 0.25) is 0 Å². The van der Waals surface area contributed by atoms with E-state index in [2.05, 4.69) is 14.5 Å². The molecular weight excluding hydrogens is 388 g/mol. The van der Waals surface area contributed by atoms with E-state index in [1.54, 1.807) is 0 Å². The molecular formula is C8H4F3IN2O5. The molecule has 0 saturated carbocycles. The Hall–Kier alpha value is -1.66. The van der Waals surface area contributed by atoms with Crippen molar-refractivity contribution >= 4 is 34.4 Å². The Labute approximate surface area is 117 Å². The lowest BCUT2D eigenvalue weighted by Gasteiger charge is -2.10. The Kier molecular flexibility index (Phi) is 4.49. The molecule has 0 bridgehead atoms. The number of ether oxygens (including phenoxy) is 2. The van der Waals surface area contributed by atoms with Gasteiger partial charge in [0.25, 0.3) is 0 Å². The Morgan fingerprint density at radius 1 is 1.53 bits per heavy atom. The molecule has 7 nitrogen and oxygen atoms in total. The molecule has 0 radical (unpaired) electrons. The van der Waals surface area contributed by atoms with E-state index in [0.717, 1.165) is 7.11 Å². The van der Waals surface area contributed by atoms with Gasteiger partial charge in [0.1, 0.15) is 3.57 Å². The molecule has 0 N–H and O–H groups in total. The number of pyridine rings is 1. The van der Waals surface area contributed by atoms with Crippen LogP contribution in [0.5, 0.6) is 5.75 Å². The second-order valence-corrected chi connectivity index (χ2v) is 4.10. The van der Waals surface area contributed by atoms with Gasteiger partial charge in [-0.25, -0.2) is 4.79 Å². The zero-order valence-electron chi connectivity index (χ0n) is 9.02. The Balaban J connectivity index is 3.40. The van der Waals surface area contributed by atoms with E-state index in [1.165, 1.54) is 22.6 Å². The lowest BCUT2D eigenvalue weighted by molar-refractivity contribution is -0.390. The van der Waals surface area contributed by atoms with Crippen LogP contribution in [0.15, 0.2) is 6.07 Å². The molecule has 0 aromatic carbocycles. The standard InChI is InChI=1S/C8H4F3IN2O5/c1-18-7(15)5-4(19-8(9,10)11)2-3(12)6(13-5)14(16)17/h2H,1H3. The third-order valence-corrected chi connectivity index (χ3v) is 2.49. The average molecular weight is 392 g/mol. The van der Waals surface area contributed by atoms with Gasteiger partial charge < -0.3 is 19.6 Å². The van der Waals surface area contributed by atoms with E-state index in [-0.39, 0.29) is 3.57 Å². The molecule has 0 amide bonds. The highest BCUT2D eigenvalue weighted by molar-refractivity contribution is 14.1. The maximum absolute atomic E-state index is 12.1. The van der Waals surface area contributed by atoms with Gasteiger partial charge in [-0.3, -0.25) is 0 Å². The van der Waals surface area contributed by atoms with E-state index in [9.17, 15) is 28.1 Å². The molecule has 104 valence electrons. The van der Waals surface area contributed by atoms with Crippen molar-refractivity contribution in [3.8, 4) is 5.75 Å². The molecule has 19 heavy (non-hydrogen) atoms. The Bertz CT molecular complexity index is 534. The van der Waals surface area contributed by atoms with Crippen molar-refractivity contribution in [2.24, 2.45) is 0 Å². The number of nitrogens with zero attached hydrogens (tertiary/aromatic N) is 2. The highest BCUT2D eigenvalue weighted by atomic mass is 127. The first kappa shape index (κ1) is 15.4. The predicted octanol–water partition coefficient (Wildman–Crippen LogP) is 2.28. The molecule has 11 heteroatoms. The number of carbonyl (C=O) groups excluding carboxylic acids is 1. The van der Waals surface area contributed by atoms with Crippen molar-refractivity contribution in [3.05, 3.63) is 25.4 Å². The van der Waals surface area contributed by atoms with Crippen LogP contribution in [0.25, 0.3) is 0 Å². The smallest absolute Gasteiger partial charge is 0.463 e. The van der Waals surface area contributed by atoms with Crippen LogP contribution >= 0.6 is 22.6 Å². The largest absolute Gasteiger partial charge is 0.573 e. The van der Waals surface area contributed by atoms with Crippen LogP contribution in [-0.2, 0) is 4.74 Å². The van der Waals surface area contributed by atoms with Gasteiger partial charge in [-0.05, 0) is 32.5 Å². The molecule has 0 atom stereocenters. The van der Waals surface area contributed by atoms with E-state index in [1.807, 2.05) is 0 Å². The number of rotatable bonds is 3. The summed E-state index contributed by atoms with van der Waals surface area (Å²) in [6.45, 7) is 0. The third kappa shape index (κ3) is 3.90. The fourth-order valence-corrected chi connectivity index (χ4v) is 1.64. The Morgan fingerprint density at radius 3 is 2.53 bits per heavy atom. The third-order valence-electron chi connectivity index (χ3n) is 1.70. The molecule has 1 heterocycles. The molecule has 0 fully saturated rings. The molecule has 1 aromatic rings. The van der Waals surface area contributed by atoms with Crippen LogP contribution in [0, 0.1) is 13.7 Å². The number of alkyl halides is 3. The number of carbonyl (C=O) groups is 1. The van der Waals surface area contributed by atoms with Gasteiger partial charge in [-0.2, -0.15) is 0 Å². The van der Waals surface area contributed by atoms with Gasteiger partial charge >= 0.3 is 23.8 Å². The SMILES string of the molecule is COC(=O)c1nc([N+](=O)[O-])c(I)cc1OC(F)(F)F. The number of halogens is 4. The van der Waals surface area contributed by atoms with Crippen molar-refractivity contribution in [2.75, 3.05) is 7.11 Å². The maximum Gasteiger partial charge on any atom is 0.573 e. The topological polar surface area (TPSA) is 91.6 Å². The summed E-state index contributed by atoms with van der Waals surface area (Å²) in [6.07, 6.45) is -5.07. The summed E-state index contributed by atoms with van der Waals surface area (Å²) < 4.78 is 44.0. The van der Waals surface area contributed by atoms with Crippen LogP contribution < -0.4 is 4.74 Å². The van der Waals surface area contributed by atoms with E-state index >= 15 is 0 Å². The maximum atomic E-state index is 12.1. The highest BCUT2D eigenvalue weighted by Gasteiger charge is 2.37. The van der Waals surface area contributed by atoms with E-state index in [0.29, 0.717) is 6.07 Å². The number of methoxy groups -OCH3 is 1. The summed E-state index contributed by atoms with van der Waals surface area (Å²) >= 11 is 1.40. The lowest BCUT2D eigenvalue weighted by Crippen LogP contribution is -2.20. The summed E-state index contributed by atoms with van der Waals surface area (Å²) in [6, 6.07) is 0.686. The molecule has 0 spiro atoms. The lowest BCUT2D eigenvalue weighted by atomic mass is 10.3. The number of hydrogen-bond donors (Lipinski definition) is 0. The van der Waals surface area contributed by atoms with Gasteiger partial charge in [-0.1, -0.05) is 0 Å². The van der Waals surface area contributed by atoms with Crippen LogP contribution in [0.4, 0.5) is 19.0 Å². The first-order valence-electron chi connectivity index (χ1n) is 4.34. The molecule has 0 aliphatic heterocycles. The van der Waals surface area contributed by atoms with Gasteiger partial charge in [0, 0.05) is 6.07 Å². The van der Waals surface area contributed by atoms with Crippen molar-refractivity contribution in [1.29, 1.82) is 0 Å². The first-order chi connectivity index (χ1) is 8.65. The minimum atomic E-state index is -5.07. The zero-order valence-corrected chi connectivity index (χ0v) is 11.2. The van der Waals surface area contributed by atoms with Gasteiger partial charge in [0.05, 0.1) is 7.11 Å². The van der Waals surface area contributed by atoms with E-state index in [4.69, 9.17) is 0 Å². The minimum Gasteiger partial charge on any atom is -0.463 e. The van der Waals surface area contributed by atoms with Crippen molar-refractivity contribution < 1.29 is 32.4 Å². The van der Waals surface area contributed by atoms with Crippen molar-refractivity contribution in [3.63, 3.8) is 0 Å². The first-order valence-corrected chi connectivity index (χ1v) is 5.42. The fourth-order valence-electron chi connectivity index (χ4n) is 1.04. The zero-order chi connectivity index (χ0) is 14.8. The molecule has 0 aliphatic rings. The molecule has 1 aromatic heterocycles. The van der Waals surface area contributed by atoms with Crippen molar-refractivity contribution in [2.45, 2.75) is 6.36 Å². The van der Waals surface area contributed by atoms with E-state index < -0.39 is 34.5 Å². The number of hydrogen-bond acceptors (Lipinski definition) is 6. The predicted molar refractivity (Wildman–Crippen MR) is 61.6 cm³/mol. The number of aromatic nitrogens is 1. The van der Waals surface area contributed by atoms with Crippen LogP contribution in [-0.4, -0.2) is 29.3 Å². The molecule has 0 unspecified atom stereocenters. The monoisotopic (exact) mass is 392 g/mol. The van der Waals surface area contributed by atoms with Crippen LogP contribution in [0.2, 0.25) is 0 Å². The molecule has 1 rings (SSSR count). The minimum absolute atomic E-state index is 0.213. The quantitative estimate of drug-likeness (QED) is 0.339. The average Bonchev–Trinajstić information content (AvgIpc) is 2.25. The molecule has 0 aliphatic carbocycles. The molecule has 0 saturated heterocycles. The summed E-state index contributed by atoms with van der Waals surface area (Å²) in [5.41, 5.74) is -0.924. The number of esters is 1. The van der Waals surface area contributed by atoms with Crippen LogP contribution in [0.3, 0.4) is 0 Å².